The van der Waals surface area contributed by atoms with Crippen LogP contribution >= 0.6 is 0 Å². The van der Waals surface area contributed by atoms with Crippen molar-refractivity contribution in [1.82, 2.24) is 14.7 Å². The molecule has 0 radical (unpaired) electrons. The molecule has 2 aromatic rings. The van der Waals surface area contributed by atoms with Crippen LogP contribution in [0.25, 0.3) is 0 Å². The largest absolute Gasteiger partial charge is 0.455 e. The van der Waals surface area contributed by atoms with Gasteiger partial charge in [-0.05, 0) is 44.4 Å². The van der Waals surface area contributed by atoms with Gasteiger partial charge < -0.3 is 9.64 Å². The first-order chi connectivity index (χ1) is 14.3. The third-order valence-electron chi connectivity index (χ3n) is 5.94. The van der Waals surface area contributed by atoms with E-state index >= 15 is 0 Å². The summed E-state index contributed by atoms with van der Waals surface area (Å²) in [5, 5.41) is 4.31. The highest BCUT2D eigenvalue weighted by Gasteiger charge is 2.26. The fourth-order valence-electron chi connectivity index (χ4n) is 4.09. The van der Waals surface area contributed by atoms with Gasteiger partial charge in [-0.2, -0.15) is 5.10 Å². The Kier molecular flexibility index (Phi) is 7.24. The standard InChI is InChI=1S/C23H30FN3O3/c1-16-21(17(2)26(3)25-16)13-23(29)30-15-22(28)27(20-7-5-4-6-8-20)14-18-9-11-19(24)12-10-18/h9-12,20H,4-8,13-15H2,1-3H3. The molecule has 0 unspecified atom stereocenters. The molecule has 7 heteroatoms. The van der Waals surface area contributed by atoms with Gasteiger partial charge in [0.05, 0.1) is 12.1 Å². The van der Waals surface area contributed by atoms with E-state index in [4.69, 9.17) is 4.74 Å². The molecule has 0 N–H and O–H groups in total. The van der Waals surface area contributed by atoms with Crippen LogP contribution in [0.5, 0.6) is 0 Å². The van der Waals surface area contributed by atoms with Gasteiger partial charge in [0.15, 0.2) is 6.61 Å². The number of hydrogen-bond donors (Lipinski definition) is 0. The Labute approximate surface area is 177 Å². The number of nitrogens with zero attached hydrogens (tertiary/aromatic N) is 3. The van der Waals surface area contributed by atoms with Crippen molar-refractivity contribution in [2.24, 2.45) is 7.05 Å². The minimum Gasteiger partial charge on any atom is -0.455 e. The van der Waals surface area contributed by atoms with Crippen LogP contribution in [0.4, 0.5) is 4.39 Å². The van der Waals surface area contributed by atoms with Crippen LogP contribution in [0.1, 0.15) is 54.6 Å². The highest BCUT2D eigenvalue weighted by Crippen LogP contribution is 2.24. The van der Waals surface area contributed by atoms with Crippen molar-refractivity contribution >= 4 is 11.9 Å². The van der Waals surface area contributed by atoms with Crippen molar-refractivity contribution in [2.45, 2.75) is 65.0 Å². The molecule has 1 amide bonds. The number of ether oxygens (including phenoxy) is 1. The molecule has 1 heterocycles. The Morgan fingerprint density at radius 3 is 2.43 bits per heavy atom. The topological polar surface area (TPSA) is 64.4 Å². The minimum atomic E-state index is -0.437. The summed E-state index contributed by atoms with van der Waals surface area (Å²) >= 11 is 0. The lowest BCUT2D eigenvalue weighted by atomic mass is 9.93. The number of amides is 1. The molecular formula is C23H30FN3O3. The van der Waals surface area contributed by atoms with E-state index in [-0.39, 0.29) is 30.8 Å². The van der Waals surface area contributed by atoms with Crippen LogP contribution in [0.3, 0.4) is 0 Å². The van der Waals surface area contributed by atoms with Crippen molar-refractivity contribution in [3.05, 3.63) is 52.6 Å². The zero-order chi connectivity index (χ0) is 21.7. The second-order valence-corrected chi connectivity index (χ2v) is 8.05. The summed E-state index contributed by atoms with van der Waals surface area (Å²) in [4.78, 5) is 27.1. The summed E-state index contributed by atoms with van der Waals surface area (Å²) < 4.78 is 20.3. The van der Waals surface area contributed by atoms with Gasteiger partial charge >= 0.3 is 5.97 Å². The van der Waals surface area contributed by atoms with E-state index in [0.29, 0.717) is 6.54 Å². The Bertz CT molecular complexity index is 886. The van der Waals surface area contributed by atoms with Gasteiger partial charge in [-0.1, -0.05) is 31.4 Å². The number of aryl methyl sites for hydroxylation is 2. The Morgan fingerprint density at radius 2 is 1.83 bits per heavy atom. The van der Waals surface area contributed by atoms with E-state index in [1.54, 1.807) is 21.7 Å². The Morgan fingerprint density at radius 1 is 1.17 bits per heavy atom. The minimum absolute atomic E-state index is 0.0974. The van der Waals surface area contributed by atoms with Gasteiger partial charge in [0.1, 0.15) is 5.82 Å². The van der Waals surface area contributed by atoms with Crippen LogP contribution in [-0.4, -0.2) is 39.2 Å². The molecule has 0 bridgehead atoms. The molecule has 1 aromatic carbocycles. The van der Waals surface area contributed by atoms with Gasteiger partial charge in [-0.25, -0.2) is 4.39 Å². The predicted molar refractivity (Wildman–Crippen MR) is 111 cm³/mol. The van der Waals surface area contributed by atoms with Gasteiger partial charge in [-0.15, -0.1) is 0 Å². The number of halogens is 1. The smallest absolute Gasteiger partial charge is 0.310 e. The Hall–Kier alpha value is -2.70. The number of aromatic nitrogens is 2. The highest BCUT2D eigenvalue weighted by molar-refractivity contribution is 5.81. The summed E-state index contributed by atoms with van der Waals surface area (Å²) in [6.07, 6.45) is 5.31. The van der Waals surface area contributed by atoms with Crippen molar-refractivity contribution in [2.75, 3.05) is 6.61 Å². The lowest BCUT2D eigenvalue weighted by Gasteiger charge is -2.34. The first-order valence-corrected chi connectivity index (χ1v) is 10.5. The van der Waals surface area contributed by atoms with Gasteiger partial charge in [0.25, 0.3) is 5.91 Å². The molecule has 3 rings (SSSR count). The first-order valence-electron chi connectivity index (χ1n) is 10.5. The summed E-state index contributed by atoms with van der Waals surface area (Å²) in [5.74, 6) is -0.948. The lowest BCUT2D eigenvalue weighted by molar-refractivity contribution is -0.153. The number of carbonyl (C=O) groups is 2. The molecule has 30 heavy (non-hydrogen) atoms. The first kappa shape index (κ1) is 22.0. The van der Waals surface area contributed by atoms with Gasteiger partial charge in [0, 0.05) is 30.9 Å². The molecule has 0 saturated heterocycles. The Balaban J connectivity index is 1.63. The van der Waals surface area contributed by atoms with E-state index in [1.807, 2.05) is 20.9 Å². The number of rotatable bonds is 7. The third kappa shape index (κ3) is 5.46. The summed E-state index contributed by atoms with van der Waals surface area (Å²) in [5.41, 5.74) is 3.41. The van der Waals surface area contributed by atoms with Crippen LogP contribution in [-0.2, 0) is 34.3 Å². The molecular weight excluding hydrogens is 385 g/mol. The molecule has 1 fully saturated rings. The number of esters is 1. The van der Waals surface area contributed by atoms with E-state index in [0.717, 1.165) is 48.2 Å². The summed E-state index contributed by atoms with van der Waals surface area (Å²) in [6.45, 7) is 3.87. The SMILES string of the molecule is Cc1nn(C)c(C)c1CC(=O)OCC(=O)N(Cc1ccc(F)cc1)C1CCCCC1. The summed E-state index contributed by atoms with van der Waals surface area (Å²) in [7, 11) is 1.83. The second-order valence-electron chi connectivity index (χ2n) is 8.05. The molecule has 0 atom stereocenters. The quantitative estimate of drug-likeness (QED) is 0.648. The summed E-state index contributed by atoms with van der Waals surface area (Å²) in [6, 6.07) is 6.31. The van der Waals surface area contributed by atoms with Crippen molar-refractivity contribution in [1.29, 1.82) is 0 Å². The highest BCUT2D eigenvalue weighted by atomic mass is 19.1. The molecule has 1 aliphatic rings. The average Bonchev–Trinajstić information content (AvgIpc) is 2.98. The second kappa shape index (κ2) is 9.87. The zero-order valence-corrected chi connectivity index (χ0v) is 18.0. The average molecular weight is 416 g/mol. The van der Waals surface area contributed by atoms with Crippen molar-refractivity contribution in [3.63, 3.8) is 0 Å². The zero-order valence-electron chi connectivity index (χ0n) is 18.0. The molecule has 0 spiro atoms. The molecule has 0 aliphatic heterocycles. The molecule has 1 saturated carbocycles. The maximum Gasteiger partial charge on any atom is 0.310 e. The predicted octanol–water partition coefficient (Wildman–Crippen LogP) is 3.62. The van der Waals surface area contributed by atoms with Gasteiger partial charge in [0.2, 0.25) is 0 Å². The number of benzene rings is 1. The van der Waals surface area contributed by atoms with Crippen LogP contribution < -0.4 is 0 Å². The maximum absolute atomic E-state index is 13.2. The molecule has 162 valence electrons. The monoisotopic (exact) mass is 415 g/mol. The fraction of sp³-hybridized carbons (Fsp3) is 0.522. The maximum atomic E-state index is 13.2. The molecule has 1 aliphatic carbocycles. The molecule has 6 nitrogen and oxygen atoms in total. The van der Waals surface area contributed by atoms with E-state index < -0.39 is 5.97 Å². The third-order valence-corrected chi connectivity index (χ3v) is 5.94. The molecule has 1 aromatic heterocycles. The van der Waals surface area contributed by atoms with Gasteiger partial charge in [-0.3, -0.25) is 14.3 Å². The fourth-order valence-corrected chi connectivity index (χ4v) is 4.09. The van der Waals surface area contributed by atoms with Crippen molar-refractivity contribution in [3.8, 4) is 0 Å². The van der Waals surface area contributed by atoms with Crippen molar-refractivity contribution < 1.29 is 18.7 Å². The number of carbonyl (C=O) groups excluding carboxylic acids is 2. The van der Waals surface area contributed by atoms with E-state index in [1.165, 1.54) is 18.6 Å². The lowest BCUT2D eigenvalue weighted by Crippen LogP contribution is -2.43. The van der Waals surface area contributed by atoms with Crippen LogP contribution in [0, 0.1) is 19.7 Å². The van der Waals surface area contributed by atoms with Crippen LogP contribution in [0.2, 0.25) is 0 Å². The van der Waals surface area contributed by atoms with E-state index in [2.05, 4.69) is 5.10 Å². The van der Waals surface area contributed by atoms with Crippen LogP contribution in [0.15, 0.2) is 24.3 Å². The number of hydrogen-bond acceptors (Lipinski definition) is 4. The normalized spacial score (nSPS) is 14.5. The van der Waals surface area contributed by atoms with E-state index in [9.17, 15) is 14.0 Å².